The first-order chi connectivity index (χ1) is 14.2. The van der Waals surface area contributed by atoms with Crippen LogP contribution in [0.5, 0.6) is 11.5 Å². The van der Waals surface area contributed by atoms with Crippen LogP contribution >= 0.6 is 0 Å². The Hall–Kier alpha value is -3.27. The summed E-state index contributed by atoms with van der Waals surface area (Å²) in [5.41, 5.74) is 3.52. The average molecular weight is 386 g/mol. The van der Waals surface area contributed by atoms with Crippen LogP contribution in [-0.2, 0) is 10.2 Å². The third-order valence-corrected chi connectivity index (χ3v) is 6.51. The molecule has 0 bridgehead atoms. The van der Waals surface area contributed by atoms with Crippen molar-refractivity contribution in [3.8, 4) is 11.5 Å². The molecule has 4 nitrogen and oxygen atoms in total. The number of carboxylic acid groups (broad SMARTS) is 1. The lowest BCUT2D eigenvalue weighted by atomic mass is 9.65. The van der Waals surface area contributed by atoms with Crippen LogP contribution in [0.1, 0.15) is 41.5 Å². The molecule has 0 aromatic heterocycles. The van der Waals surface area contributed by atoms with Gasteiger partial charge in [-0.05, 0) is 40.8 Å². The molecule has 3 aromatic rings. The van der Waals surface area contributed by atoms with Crippen molar-refractivity contribution in [2.45, 2.75) is 24.7 Å². The summed E-state index contributed by atoms with van der Waals surface area (Å²) in [4.78, 5) is 12.8. The summed E-state index contributed by atoms with van der Waals surface area (Å²) in [6.45, 7) is 2.27. The van der Waals surface area contributed by atoms with Gasteiger partial charge in [-0.15, -0.1) is 0 Å². The second-order valence-corrected chi connectivity index (χ2v) is 7.68. The van der Waals surface area contributed by atoms with Gasteiger partial charge in [-0.1, -0.05) is 67.6 Å². The normalized spacial score (nSPS) is 24.3. The highest BCUT2D eigenvalue weighted by Gasteiger charge is 2.56. The van der Waals surface area contributed by atoms with E-state index in [0.29, 0.717) is 17.9 Å². The molecule has 0 amide bonds. The van der Waals surface area contributed by atoms with Crippen molar-refractivity contribution < 1.29 is 19.4 Å². The zero-order chi connectivity index (χ0) is 20.0. The third-order valence-electron chi connectivity index (χ3n) is 6.51. The summed E-state index contributed by atoms with van der Waals surface area (Å²) in [5.74, 6) is -0.226. The molecule has 2 aliphatic rings. The van der Waals surface area contributed by atoms with E-state index >= 15 is 0 Å². The van der Waals surface area contributed by atoms with E-state index in [2.05, 4.69) is 19.1 Å². The zero-order valence-electron chi connectivity index (χ0n) is 16.2. The van der Waals surface area contributed by atoms with Gasteiger partial charge in [0.1, 0.15) is 0 Å². The Morgan fingerprint density at radius 2 is 1.72 bits per heavy atom. The number of carbonyl (C=O) groups is 1. The molecule has 1 aliphatic heterocycles. The molecule has 0 fully saturated rings. The summed E-state index contributed by atoms with van der Waals surface area (Å²) in [5, 5.41) is 10.5. The number of aliphatic carboxylic acids is 1. The molecule has 0 radical (unpaired) electrons. The van der Waals surface area contributed by atoms with Crippen molar-refractivity contribution >= 4 is 5.97 Å². The van der Waals surface area contributed by atoms with E-state index in [4.69, 9.17) is 9.47 Å². The summed E-state index contributed by atoms with van der Waals surface area (Å²) < 4.78 is 11.1. The Kier molecular flexibility index (Phi) is 4.09. The van der Waals surface area contributed by atoms with Gasteiger partial charge in [0.25, 0.3) is 0 Å². The summed E-state index contributed by atoms with van der Waals surface area (Å²) >= 11 is 0. The number of fused-ring (bicyclic) bond motifs is 2. The third kappa shape index (κ3) is 2.48. The van der Waals surface area contributed by atoms with E-state index in [-0.39, 0.29) is 12.7 Å². The Labute approximate surface area is 169 Å². The van der Waals surface area contributed by atoms with E-state index in [1.54, 1.807) is 0 Å². The van der Waals surface area contributed by atoms with Gasteiger partial charge in [0.15, 0.2) is 11.5 Å². The fourth-order valence-electron chi connectivity index (χ4n) is 5.32. The van der Waals surface area contributed by atoms with Crippen LogP contribution in [0.3, 0.4) is 0 Å². The lowest BCUT2D eigenvalue weighted by Gasteiger charge is -2.36. The minimum Gasteiger partial charge on any atom is -0.481 e. The van der Waals surface area contributed by atoms with Gasteiger partial charge in [0, 0.05) is 11.3 Å². The van der Waals surface area contributed by atoms with E-state index in [0.717, 1.165) is 22.3 Å². The molecule has 29 heavy (non-hydrogen) atoms. The van der Waals surface area contributed by atoms with Crippen LogP contribution in [0.4, 0.5) is 0 Å². The number of hydrogen-bond acceptors (Lipinski definition) is 3. The summed E-state index contributed by atoms with van der Waals surface area (Å²) in [7, 11) is 0. The summed E-state index contributed by atoms with van der Waals surface area (Å²) in [6.07, 6.45) is 0.671. The first-order valence-electron chi connectivity index (χ1n) is 9.94. The molecular weight excluding hydrogens is 364 g/mol. The molecule has 1 aliphatic carbocycles. The minimum absolute atomic E-state index is 0.198. The maximum Gasteiger partial charge on any atom is 0.308 e. The Bertz CT molecular complexity index is 1080. The Morgan fingerprint density at radius 1 is 1.00 bits per heavy atom. The van der Waals surface area contributed by atoms with Crippen LogP contribution in [-0.4, -0.2) is 17.9 Å². The molecule has 1 N–H and O–H groups in total. The molecule has 4 heteroatoms. The highest BCUT2D eigenvalue weighted by Crippen LogP contribution is 2.58. The van der Waals surface area contributed by atoms with E-state index in [1.165, 1.54) is 0 Å². The molecule has 3 unspecified atom stereocenters. The molecular formula is C25H22O4. The molecule has 3 atom stereocenters. The molecule has 0 saturated carbocycles. The van der Waals surface area contributed by atoms with Crippen LogP contribution in [0.2, 0.25) is 0 Å². The lowest BCUT2D eigenvalue weighted by Crippen LogP contribution is -2.39. The van der Waals surface area contributed by atoms with E-state index in [9.17, 15) is 9.90 Å². The van der Waals surface area contributed by atoms with Crippen LogP contribution in [0.25, 0.3) is 0 Å². The quantitative estimate of drug-likeness (QED) is 0.689. The minimum atomic E-state index is -0.783. The van der Waals surface area contributed by atoms with Crippen LogP contribution in [0, 0.1) is 5.92 Å². The van der Waals surface area contributed by atoms with Crippen molar-refractivity contribution in [2.24, 2.45) is 5.92 Å². The predicted octanol–water partition coefficient (Wildman–Crippen LogP) is 4.96. The fraction of sp³-hybridized carbons (Fsp3) is 0.240. The Morgan fingerprint density at radius 3 is 2.48 bits per heavy atom. The smallest absolute Gasteiger partial charge is 0.308 e. The topological polar surface area (TPSA) is 55.8 Å². The lowest BCUT2D eigenvalue weighted by molar-refractivity contribution is -0.144. The zero-order valence-corrected chi connectivity index (χ0v) is 16.2. The van der Waals surface area contributed by atoms with E-state index < -0.39 is 17.3 Å². The highest BCUT2D eigenvalue weighted by atomic mass is 16.7. The highest BCUT2D eigenvalue weighted by molar-refractivity contribution is 5.80. The SMILES string of the molecule is CCC1(c2ccc3c(c2)OCO3)c2ccccc2C(c2ccccc2)C1C(=O)O. The van der Waals surface area contributed by atoms with Crippen molar-refractivity contribution in [1.82, 2.24) is 0 Å². The van der Waals surface area contributed by atoms with Crippen molar-refractivity contribution in [3.05, 3.63) is 95.1 Å². The second kappa shape index (κ2) is 6.66. The standard InChI is InChI=1S/C25H22O4/c1-2-25(17-12-13-20-21(14-17)29-15-28-20)19-11-7-6-10-18(19)22(23(25)24(26)27)16-8-4-3-5-9-16/h3-14,22-23H,2,15H2,1H3,(H,26,27). The number of rotatable bonds is 4. The molecule has 0 saturated heterocycles. The van der Waals surface area contributed by atoms with Gasteiger partial charge < -0.3 is 14.6 Å². The molecule has 1 heterocycles. The first-order valence-corrected chi connectivity index (χ1v) is 9.94. The van der Waals surface area contributed by atoms with Crippen molar-refractivity contribution in [2.75, 3.05) is 6.79 Å². The second-order valence-electron chi connectivity index (χ2n) is 7.68. The predicted molar refractivity (Wildman–Crippen MR) is 109 cm³/mol. The largest absolute Gasteiger partial charge is 0.481 e. The number of carboxylic acids is 1. The van der Waals surface area contributed by atoms with Crippen LogP contribution < -0.4 is 9.47 Å². The van der Waals surface area contributed by atoms with Gasteiger partial charge in [-0.25, -0.2) is 0 Å². The van der Waals surface area contributed by atoms with Gasteiger partial charge in [0.2, 0.25) is 6.79 Å². The number of ether oxygens (including phenoxy) is 2. The maximum atomic E-state index is 12.8. The molecule has 146 valence electrons. The van der Waals surface area contributed by atoms with E-state index in [1.807, 2.05) is 60.7 Å². The molecule has 5 rings (SSSR count). The average Bonchev–Trinajstić information content (AvgIpc) is 3.34. The number of benzene rings is 3. The monoisotopic (exact) mass is 386 g/mol. The first kappa shape index (κ1) is 17.8. The van der Waals surface area contributed by atoms with Crippen molar-refractivity contribution in [3.63, 3.8) is 0 Å². The van der Waals surface area contributed by atoms with Crippen LogP contribution in [0.15, 0.2) is 72.8 Å². The number of hydrogen-bond donors (Lipinski definition) is 1. The van der Waals surface area contributed by atoms with Gasteiger partial charge in [0.05, 0.1) is 5.92 Å². The van der Waals surface area contributed by atoms with Gasteiger partial charge in [-0.3, -0.25) is 4.79 Å². The molecule has 0 spiro atoms. The Balaban J connectivity index is 1.79. The summed E-state index contributed by atoms with van der Waals surface area (Å²) in [6, 6.07) is 24.0. The molecule has 3 aromatic carbocycles. The van der Waals surface area contributed by atoms with Gasteiger partial charge >= 0.3 is 5.97 Å². The van der Waals surface area contributed by atoms with Crippen molar-refractivity contribution in [1.29, 1.82) is 0 Å². The maximum absolute atomic E-state index is 12.8. The fourth-order valence-corrected chi connectivity index (χ4v) is 5.32. The van der Waals surface area contributed by atoms with Gasteiger partial charge in [-0.2, -0.15) is 0 Å².